The Morgan fingerprint density at radius 1 is 1.12 bits per heavy atom. The number of hydrogen-bond donors (Lipinski definition) is 1. The van der Waals surface area contributed by atoms with Crippen molar-refractivity contribution in [2.24, 2.45) is 5.92 Å². The van der Waals surface area contributed by atoms with Crippen molar-refractivity contribution in [3.05, 3.63) is 73.8 Å². The molecule has 178 valence electrons. The van der Waals surface area contributed by atoms with Crippen LogP contribution in [0.5, 0.6) is 0 Å². The van der Waals surface area contributed by atoms with Crippen molar-refractivity contribution >= 4 is 52.5 Å². The van der Waals surface area contributed by atoms with E-state index in [1.165, 1.54) is 28.8 Å². The summed E-state index contributed by atoms with van der Waals surface area (Å²) >= 11 is 13.7. The molecule has 2 rings (SSSR count). The minimum atomic E-state index is -0.692. The summed E-state index contributed by atoms with van der Waals surface area (Å²) in [6.45, 7) is 6.37. The molecule has 0 spiro atoms. The van der Waals surface area contributed by atoms with Crippen LogP contribution in [0, 0.1) is 16.0 Å². The van der Waals surface area contributed by atoms with Gasteiger partial charge in [-0.2, -0.15) is 0 Å². The summed E-state index contributed by atoms with van der Waals surface area (Å²) in [7, 11) is 0. The first-order valence-electron chi connectivity index (χ1n) is 10.4. The van der Waals surface area contributed by atoms with Gasteiger partial charge in [0.25, 0.3) is 5.69 Å². The molecular formula is C23H27Cl2N3O4S. The van der Waals surface area contributed by atoms with Gasteiger partial charge in [0.1, 0.15) is 6.04 Å². The average molecular weight is 512 g/mol. The monoisotopic (exact) mass is 511 g/mol. The maximum Gasteiger partial charge on any atom is 0.269 e. The van der Waals surface area contributed by atoms with E-state index in [2.05, 4.69) is 5.32 Å². The normalized spacial score (nSPS) is 11.8. The summed E-state index contributed by atoms with van der Waals surface area (Å²) in [6, 6.07) is 10.6. The van der Waals surface area contributed by atoms with Crippen molar-refractivity contribution < 1.29 is 14.5 Å². The molecule has 2 aromatic carbocycles. The van der Waals surface area contributed by atoms with E-state index in [1.54, 1.807) is 37.3 Å². The molecule has 0 saturated carbocycles. The van der Waals surface area contributed by atoms with Crippen molar-refractivity contribution in [3.8, 4) is 0 Å². The Kier molecular flexibility index (Phi) is 10.5. The minimum Gasteiger partial charge on any atom is -0.354 e. The maximum absolute atomic E-state index is 13.1. The lowest BCUT2D eigenvalue weighted by Gasteiger charge is -2.29. The highest BCUT2D eigenvalue weighted by Gasteiger charge is 2.26. The molecule has 0 bridgehead atoms. The van der Waals surface area contributed by atoms with Crippen molar-refractivity contribution in [1.82, 2.24) is 10.2 Å². The predicted octanol–water partition coefficient (Wildman–Crippen LogP) is 5.32. The number of carbonyl (C=O) groups excluding carboxylic acids is 2. The molecule has 2 aromatic rings. The Labute approximate surface area is 208 Å². The molecule has 10 heteroatoms. The van der Waals surface area contributed by atoms with Gasteiger partial charge in [-0.3, -0.25) is 19.7 Å². The topological polar surface area (TPSA) is 92.6 Å². The Hall–Kier alpha value is -2.29. The summed E-state index contributed by atoms with van der Waals surface area (Å²) in [5.74, 6) is 0.493. The largest absolute Gasteiger partial charge is 0.354 e. The van der Waals surface area contributed by atoms with Crippen LogP contribution in [0.25, 0.3) is 0 Å². The van der Waals surface area contributed by atoms with Crippen LogP contribution in [0.1, 0.15) is 31.9 Å². The highest BCUT2D eigenvalue weighted by atomic mass is 35.5. The van der Waals surface area contributed by atoms with Crippen LogP contribution in [0.2, 0.25) is 10.0 Å². The van der Waals surface area contributed by atoms with E-state index in [1.807, 2.05) is 13.8 Å². The van der Waals surface area contributed by atoms with Gasteiger partial charge in [-0.05, 0) is 36.1 Å². The molecule has 0 unspecified atom stereocenters. The fraction of sp³-hybridized carbons (Fsp3) is 0.391. The number of nitrogens with one attached hydrogen (secondary N) is 1. The fourth-order valence-electron chi connectivity index (χ4n) is 2.92. The third kappa shape index (κ3) is 8.53. The molecule has 0 fully saturated rings. The summed E-state index contributed by atoms with van der Waals surface area (Å²) in [5, 5.41) is 14.6. The van der Waals surface area contributed by atoms with E-state index in [4.69, 9.17) is 23.2 Å². The SMILES string of the molecule is CC(C)CNC(=O)[C@@H](C)N(Cc1ccc(Cl)cc1Cl)C(=O)CSCc1ccc([N+](=O)[O-])cc1. The highest BCUT2D eigenvalue weighted by Crippen LogP contribution is 2.24. The van der Waals surface area contributed by atoms with Gasteiger partial charge in [0.2, 0.25) is 11.8 Å². The number of halogens is 2. The van der Waals surface area contributed by atoms with Crippen molar-refractivity contribution in [3.63, 3.8) is 0 Å². The molecule has 0 aliphatic carbocycles. The zero-order valence-corrected chi connectivity index (χ0v) is 21.0. The Morgan fingerprint density at radius 3 is 2.36 bits per heavy atom. The summed E-state index contributed by atoms with van der Waals surface area (Å²) in [6.07, 6.45) is 0. The molecule has 0 heterocycles. The maximum atomic E-state index is 13.1. The first-order chi connectivity index (χ1) is 15.6. The Bertz CT molecular complexity index is 986. The van der Waals surface area contributed by atoms with Crippen LogP contribution in [0.15, 0.2) is 42.5 Å². The van der Waals surface area contributed by atoms with Gasteiger partial charge in [0, 0.05) is 41.0 Å². The third-order valence-corrected chi connectivity index (χ3v) is 6.42. The number of thioether (sulfide) groups is 1. The molecule has 1 N–H and O–H groups in total. The Balaban J connectivity index is 2.09. The molecule has 0 aliphatic heterocycles. The molecule has 2 amide bonds. The van der Waals surface area contributed by atoms with Gasteiger partial charge < -0.3 is 10.2 Å². The van der Waals surface area contributed by atoms with Crippen LogP contribution in [-0.2, 0) is 21.9 Å². The molecule has 7 nitrogen and oxygen atoms in total. The minimum absolute atomic E-state index is 0.0204. The lowest BCUT2D eigenvalue weighted by molar-refractivity contribution is -0.384. The molecule has 33 heavy (non-hydrogen) atoms. The van der Waals surface area contributed by atoms with Crippen LogP contribution in [0.4, 0.5) is 5.69 Å². The smallest absolute Gasteiger partial charge is 0.269 e. The first-order valence-corrected chi connectivity index (χ1v) is 12.3. The summed E-state index contributed by atoms with van der Waals surface area (Å²) in [4.78, 5) is 37.6. The predicted molar refractivity (Wildman–Crippen MR) is 134 cm³/mol. The van der Waals surface area contributed by atoms with E-state index >= 15 is 0 Å². The average Bonchev–Trinajstić information content (AvgIpc) is 2.76. The van der Waals surface area contributed by atoms with Gasteiger partial charge in [0.15, 0.2) is 0 Å². The van der Waals surface area contributed by atoms with E-state index in [0.717, 1.165) is 5.56 Å². The molecule has 0 saturated heterocycles. The molecule has 0 aliphatic rings. The van der Waals surface area contributed by atoms with Crippen molar-refractivity contribution in [2.75, 3.05) is 12.3 Å². The summed E-state index contributed by atoms with van der Waals surface area (Å²) in [5.41, 5.74) is 1.58. The van der Waals surface area contributed by atoms with Gasteiger partial charge in [-0.1, -0.05) is 55.2 Å². The third-order valence-electron chi connectivity index (χ3n) is 4.85. The van der Waals surface area contributed by atoms with E-state index in [9.17, 15) is 19.7 Å². The van der Waals surface area contributed by atoms with E-state index in [0.29, 0.717) is 27.9 Å². The van der Waals surface area contributed by atoms with Crippen LogP contribution in [-0.4, -0.2) is 40.0 Å². The van der Waals surface area contributed by atoms with Gasteiger partial charge in [-0.25, -0.2) is 0 Å². The van der Waals surface area contributed by atoms with Crippen LogP contribution < -0.4 is 5.32 Å². The zero-order chi connectivity index (χ0) is 24.5. The van der Waals surface area contributed by atoms with Gasteiger partial charge in [0.05, 0.1) is 10.7 Å². The number of carbonyl (C=O) groups is 2. The number of rotatable bonds is 11. The van der Waals surface area contributed by atoms with Gasteiger partial charge in [-0.15, -0.1) is 11.8 Å². The second-order valence-electron chi connectivity index (χ2n) is 7.99. The zero-order valence-electron chi connectivity index (χ0n) is 18.7. The number of hydrogen-bond acceptors (Lipinski definition) is 5. The van der Waals surface area contributed by atoms with Crippen molar-refractivity contribution in [1.29, 1.82) is 0 Å². The molecule has 0 aromatic heterocycles. The Morgan fingerprint density at radius 2 is 1.79 bits per heavy atom. The van der Waals surface area contributed by atoms with E-state index in [-0.39, 0.29) is 35.7 Å². The van der Waals surface area contributed by atoms with E-state index < -0.39 is 11.0 Å². The molecular weight excluding hydrogens is 485 g/mol. The van der Waals surface area contributed by atoms with Crippen molar-refractivity contribution in [2.45, 2.75) is 39.1 Å². The second kappa shape index (κ2) is 12.8. The number of nitro groups is 1. The number of nitrogens with zero attached hydrogens (tertiary/aromatic N) is 2. The quantitative estimate of drug-likeness (QED) is 0.325. The molecule has 1 atom stereocenters. The number of benzene rings is 2. The first kappa shape index (κ1) is 27.0. The molecule has 0 radical (unpaired) electrons. The lowest BCUT2D eigenvalue weighted by Crippen LogP contribution is -2.48. The van der Waals surface area contributed by atoms with Gasteiger partial charge >= 0.3 is 0 Å². The van der Waals surface area contributed by atoms with Crippen LogP contribution in [0.3, 0.4) is 0 Å². The standard InChI is InChI=1S/C23H27Cl2N3O4S/c1-15(2)11-26-23(30)16(3)27(12-18-6-7-19(24)10-21(18)25)22(29)14-33-13-17-4-8-20(9-5-17)28(31)32/h4-10,15-16H,11-14H2,1-3H3,(H,26,30)/t16-/m1/s1. The summed E-state index contributed by atoms with van der Waals surface area (Å²) < 4.78 is 0. The number of non-ortho nitro benzene ring substituents is 1. The van der Waals surface area contributed by atoms with Crippen LogP contribution >= 0.6 is 35.0 Å². The number of amides is 2. The lowest BCUT2D eigenvalue weighted by atomic mass is 10.1. The number of nitro benzene ring substituents is 1. The fourth-order valence-corrected chi connectivity index (χ4v) is 4.26. The highest BCUT2D eigenvalue weighted by molar-refractivity contribution is 7.99. The second-order valence-corrected chi connectivity index (χ2v) is 9.82.